The number of carbonyl (C=O) groups excluding carboxylic acids is 2. The second-order valence-electron chi connectivity index (χ2n) is 6.37. The van der Waals surface area contributed by atoms with Crippen LogP contribution in [0.5, 0.6) is 0 Å². The van der Waals surface area contributed by atoms with Gasteiger partial charge in [-0.2, -0.15) is 0 Å². The predicted octanol–water partition coefficient (Wildman–Crippen LogP) is 2.28. The fourth-order valence-electron chi connectivity index (χ4n) is 2.85. The number of nitrogens with two attached hydrogens (primary N) is 1. The first kappa shape index (κ1) is 21.3. The molecule has 1 aliphatic heterocycles. The number of nitrogens with one attached hydrogen (secondary N) is 2. The first-order chi connectivity index (χ1) is 11.5. The highest BCUT2D eigenvalue weighted by Gasteiger charge is 2.22. The SMILES string of the molecule is CCCC(NC(=O)C(C)N)C(=O)Nc1cccc(N2CCCC2)c1.Cl. The number of hydrogen-bond acceptors (Lipinski definition) is 4. The molecule has 140 valence electrons. The molecule has 1 fully saturated rings. The lowest BCUT2D eigenvalue weighted by Crippen LogP contribution is -2.49. The first-order valence-corrected chi connectivity index (χ1v) is 8.73. The molecular formula is C18H29ClN4O2. The van der Waals surface area contributed by atoms with E-state index in [1.165, 1.54) is 12.8 Å². The molecule has 1 aliphatic rings. The topological polar surface area (TPSA) is 87.5 Å². The Morgan fingerprint density at radius 3 is 2.52 bits per heavy atom. The lowest BCUT2D eigenvalue weighted by Gasteiger charge is -2.21. The molecular weight excluding hydrogens is 340 g/mol. The molecule has 0 aromatic heterocycles. The second kappa shape index (κ2) is 10.3. The Labute approximate surface area is 155 Å². The Morgan fingerprint density at radius 1 is 1.24 bits per heavy atom. The number of rotatable bonds is 7. The van der Waals surface area contributed by atoms with E-state index in [4.69, 9.17) is 5.73 Å². The Kier molecular flexibility index (Phi) is 8.72. The van der Waals surface area contributed by atoms with E-state index < -0.39 is 12.1 Å². The van der Waals surface area contributed by atoms with Crippen molar-refractivity contribution >= 4 is 35.6 Å². The van der Waals surface area contributed by atoms with Crippen molar-refractivity contribution in [3.63, 3.8) is 0 Å². The third kappa shape index (κ3) is 6.21. The van der Waals surface area contributed by atoms with Gasteiger partial charge in [0.2, 0.25) is 11.8 Å². The molecule has 2 atom stereocenters. The zero-order valence-electron chi connectivity index (χ0n) is 15.0. The highest BCUT2D eigenvalue weighted by molar-refractivity contribution is 5.98. The Bertz CT molecular complexity index is 574. The summed E-state index contributed by atoms with van der Waals surface area (Å²) in [5.74, 6) is -0.515. The number of halogens is 1. The van der Waals surface area contributed by atoms with Crippen molar-refractivity contribution in [1.82, 2.24) is 5.32 Å². The molecule has 25 heavy (non-hydrogen) atoms. The molecule has 0 bridgehead atoms. The van der Waals surface area contributed by atoms with Crippen molar-refractivity contribution < 1.29 is 9.59 Å². The molecule has 2 rings (SSSR count). The van der Waals surface area contributed by atoms with E-state index in [1.54, 1.807) is 6.92 Å². The molecule has 0 aliphatic carbocycles. The number of anilines is 2. The molecule has 1 aromatic carbocycles. The molecule has 1 heterocycles. The largest absolute Gasteiger partial charge is 0.371 e. The van der Waals surface area contributed by atoms with Crippen molar-refractivity contribution in [3.8, 4) is 0 Å². The zero-order valence-corrected chi connectivity index (χ0v) is 15.8. The van der Waals surface area contributed by atoms with Crippen molar-refractivity contribution in [1.29, 1.82) is 0 Å². The number of nitrogens with zero attached hydrogens (tertiary/aromatic N) is 1. The molecule has 1 aromatic rings. The normalized spacial score (nSPS) is 15.9. The van der Waals surface area contributed by atoms with E-state index in [0.29, 0.717) is 6.42 Å². The van der Waals surface area contributed by atoms with E-state index >= 15 is 0 Å². The minimum Gasteiger partial charge on any atom is -0.371 e. The lowest BCUT2D eigenvalue weighted by molar-refractivity contribution is -0.127. The number of benzene rings is 1. The first-order valence-electron chi connectivity index (χ1n) is 8.73. The lowest BCUT2D eigenvalue weighted by atomic mass is 10.1. The van der Waals surface area contributed by atoms with Crippen LogP contribution in [0.1, 0.15) is 39.5 Å². The van der Waals surface area contributed by atoms with Gasteiger partial charge in [0.1, 0.15) is 6.04 Å². The molecule has 4 N–H and O–H groups in total. The van der Waals surface area contributed by atoms with Crippen LogP contribution in [0, 0.1) is 0 Å². The van der Waals surface area contributed by atoms with Gasteiger partial charge < -0.3 is 21.3 Å². The van der Waals surface area contributed by atoms with Crippen molar-refractivity contribution in [3.05, 3.63) is 24.3 Å². The van der Waals surface area contributed by atoms with Gasteiger partial charge in [0.25, 0.3) is 0 Å². The van der Waals surface area contributed by atoms with Gasteiger partial charge in [0.15, 0.2) is 0 Å². The smallest absolute Gasteiger partial charge is 0.246 e. The van der Waals surface area contributed by atoms with Gasteiger partial charge in [-0.1, -0.05) is 19.4 Å². The van der Waals surface area contributed by atoms with Crippen molar-refractivity contribution in [2.24, 2.45) is 5.73 Å². The minimum atomic E-state index is -0.629. The van der Waals surface area contributed by atoms with Gasteiger partial charge in [0.05, 0.1) is 6.04 Å². The van der Waals surface area contributed by atoms with E-state index in [0.717, 1.165) is 30.9 Å². The summed E-state index contributed by atoms with van der Waals surface area (Å²) in [7, 11) is 0. The standard InChI is InChI=1S/C18H28N4O2.ClH/c1-3-7-16(21-17(23)13(2)19)18(24)20-14-8-6-9-15(12-14)22-10-4-5-11-22;/h6,8-9,12-13,16H,3-5,7,10-11,19H2,1-2H3,(H,20,24)(H,21,23);1H. The highest BCUT2D eigenvalue weighted by Crippen LogP contribution is 2.23. The number of amides is 2. The van der Waals surface area contributed by atoms with Crippen LogP contribution >= 0.6 is 12.4 Å². The minimum absolute atomic E-state index is 0. The van der Waals surface area contributed by atoms with Gasteiger partial charge in [-0.15, -0.1) is 12.4 Å². The van der Waals surface area contributed by atoms with Crippen molar-refractivity contribution in [2.75, 3.05) is 23.3 Å². The molecule has 6 nitrogen and oxygen atoms in total. The van der Waals surface area contributed by atoms with E-state index in [-0.39, 0.29) is 24.2 Å². The van der Waals surface area contributed by atoms with Crippen LogP contribution in [0.4, 0.5) is 11.4 Å². The molecule has 0 saturated carbocycles. The van der Waals surface area contributed by atoms with Crippen LogP contribution < -0.4 is 21.3 Å². The summed E-state index contributed by atoms with van der Waals surface area (Å²) in [4.78, 5) is 26.6. The van der Waals surface area contributed by atoms with E-state index in [9.17, 15) is 9.59 Å². The third-order valence-corrected chi connectivity index (χ3v) is 4.21. The zero-order chi connectivity index (χ0) is 17.5. The van der Waals surface area contributed by atoms with Gasteiger partial charge in [-0.05, 0) is 44.4 Å². The molecule has 2 unspecified atom stereocenters. The molecule has 0 radical (unpaired) electrons. The van der Waals surface area contributed by atoms with Crippen molar-refractivity contribution in [2.45, 2.75) is 51.6 Å². The molecule has 1 saturated heterocycles. The third-order valence-electron chi connectivity index (χ3n) is 4.21. The average molecular weight is 369 g/mol. The van der Waals surface area contributed by atoms with E-state index in [2.05, 4.69) is 21.6 Å². The summed E-state index contributed by atoms with van der Waals surface area (Å²) < 4.78 is 0. The van der Waals surface area contributed by atoms with Crippen LogP contribution in [-0.4, -0.2) is 37.0 Å². The monoisotopic (exact) mass is 368 g/mol. The van der Waals surface area contributed by atoms with Crippen LogP contribution in [0.25, 0.3) is 0 Å². The second-order valence-corrected chi connectivity index (χ2v) is 6.37. The van der Waals surface area contributed by atoms with Crippen LogP contribution in [0.3, 0.4) is 0 Å². The fraction of sp³-hybridized carbons (Fsp3) is 0.556. The van der Waals surface area contributed by atoms with E-state index in [1.807, 2.05) is 25.1 Å². The molecule has 2 amide bonds. The summed E-state index contributed by atoms with van der Waals surface area (Å²) in [6.07, 6.45) is 3.79. The Balaban J connectivity index is 0.00000312. The van der Waals surface area contributed by atoms with Crippen LogP contribution in [0.15, 0.2) is 24.3 Å². The average Bonchev–Trinajstić information content (AvgIpc) is 3.09. The number of carbonyl (C=O) groups is 2. The maximum Gasteiger partial charge on any atom is 0.246 e. The number of hydrogen-bond donors (Lipinski definition) is 3. The van der Waals surface area contributed by atoms with Crippen LogP contribution in [-0.2, 0) is 9.59 Å². The highest BCUT2D eigenvalue weighted by atomic mass is 35.5. The Morgan fingerprint density at radius 2 is 1.92 bits per heavy atom. The summed E-state index contributed by atoms with van der Waals surface area (Å²) in [5.41, 5.74) is 7.45. The van der Waals surface area contributed by atoms with Gasteiger partial charge in [-0.3, -0.25) is 9.59 Å². The maximum absolute atomic E-state index is 12.5. The molecule has 0 spiro atoms. The van der Waals surface area contributed by atoms with Gasteiger partial charge in [0, 0.05) is 24.5 Å². The summed E-state index contributed by atoms with van der Waals surface area (Å²) in [5, 5.41) is 5.63. The maximum atomic E-state index is 12.5. The summed E-state index contributed by atoms with van der Waals surface area (Å²) in [6, 6.07) is 6.66. The Hall–Kier alpha value is -1.79. The molecule has 7 heteroatoms. The van der Waals surface area contributed by atoms with Gasteiger partial charge in [-0.25, -0.2) is 0 Å². The quantitative estimate of drug-likeness (QED) is 0.689. The van der Waals surface area contributed by atoms with Crippen LogP contribution in [0.2, 0.25) is 0 Å². The van der Waals surface area contributed by atoms with Gasteiger partial charge >= 0.3 is 0 Å². The fourth-order valence-corrected chi connectivity index (χ4v) is 2.85. The summed E-state index contributed by atoms with van der Waals surface area (Å²) >= 11 is 0. The predicted molar refractivity (Wildman–Crippen MR) is 104 cm³/mol. The summed E-state index contributed by atoms with van der Waals surface area (Å²) in [6.45, 7) is 5.70.